The van der Waals surface area contributed by atoms with E-state index in [0.717, 1.165) is 43.1 Å². The number of phenols is 1. The minimum absolute atomic E-state index is 0.174. The standard InChI is InChI=1S/C28H32F2O2/c1-3-4-8-17-32-20(2)9-6-5-7-10-21-14-16-26(28(30)27(21)29)24-12-11-23-19-25(31)15-13-22(23)18-24/h7,10-16,18-20,31H,3-6,8-9,17H2,1-2H3. The van der Waals surface area contributed by atoms with Crippen LogP contribution < -0.4 is 0 Å². The first-order valence-corrected chi connectivity index (χ1v) is 11.5. The van der Waals surface area contributed by atoms with Gasteiger partial charge < -0.3 is 9.84 Å². The number of aromatic hydroxyl groups is 1. The monoisotopic (exact) mass is 438 g/mol. The van der Waals surface area contributed by atoms with Crippen molar-refractivity contribution in [3.05, 3.63) is 71.8 Å². The number of benzene rings is 3. The Labute approximate surface area is 189 Å². The fourth-order valence-electron chi connectivity index (χ4n) is 3.77. The number of ether oxygens (including phenoxy) is 1. The van der Waals surface area contributed by atoms with Gasteiger partial charge in [-0.2, -0.15) is 0 Å². The van der Waals surface area contributed by atoms with Gasteiger partial charge in [0.25, 0.3) is 0 Å². The summed E-state index contributed by atoms with van der Waals surface area (Å²) in [4.78, 5) is 0. The molecule has 0 aliphatic rings. The first-order valence-electron chi connectivity index (χ1n) is 11.5. The fraction of sp³-hybridized carbons (Fsp3) is 0.357. The lowest BCUT2D eigenvalue weighted by atomic mass is 9.99. The Kier molecular flexibility index (Phi) is 8.81. The van der Waals surface area contributed by atoms with E-state index in [2.05, 4.69) is 13.8 Å². The van der Waals surface area contributed by atoms with E-state index in [1.807, 2.05) is 6.08 Å². The van der Waals surface area contributed by atoms with E-state index in [1.165, 1.54) is 12.8 Å². The molecule has 0 radical (unpaired) electrons. The topological polar surface area (TPSA) is 29.5 Å². The molecule has 1 N–H and O–H groups in total. The molecule has 0 saturated carbocycles. The number of halogens is 2. The molecule has 170 valence electrons. The summed E-state index contributed by atoms with van der Waals surface area (Å²) in [6, 6.07) is 13.5. The molecule has 3 aromatic carbocycles. The molecule has 1 unspecified atom stereocenters. The molecule has 0 saturated heterocycles. The Bertz CT molecular complexity index is 1060. The van der Waals surface area contributed by atoms with E-state index < -0.39 is 11.6 Å². The van der Waals surface area contributed by atoms with Crippen LogP contribution in [0, 0.1) is 11.6 Å². The highest BCUT2D eigenvalue weighted by molar-refractivity contribution is 5.88. The van der Waals surface area contributed by atoms with Gasteiger partial charge in [-0.1, -0.05) is 62.2 Å². The first-order chi connectivity index (χ1) is 15.5. The lowest BCUT2D eigenvalue weighted by Gasteiger charge is -2.12. The normalized spacial score (nSPS) is 12.6. The van der Waals surface area contributed by atoms with Crippen LogP contribution in [-0.4, -0.2) is 17.8 Å². The SMILES string of the molecule is CCCCCOC(C)CCCC=Cc1ccc(-c2ccc3cc(O)ccc3c2)c(F)c1F. The molecule has 1 atom stereocenters. The van der Waals surface area contributed by atoms with Crippen LogP contribution >= 0.6 is 0 Å². The van der Waals surface area contributed by atoms with Gasteiger partial charge in [-0.05, 0) is 67.1 Å². The molecule has 0 aliphatic heterocycles. The van der Waals surface area contributed by atoms with Gasteiger partial charge in [-0.3, -0.25) is 0 Å². The van der Waals surface area contributed by atoms with Crippen LogP contribution in [0.2, 0.25) is 0 Å². The zero-order valence-corrected chi connectivity index (χ0v) is 18.9. The summed E-state index contributed by atoms with van der Waals surface area (Å²) in [6.45, 7) is 5.06. The van der Waals surface area contributed by atoms with Gasteiger partial charge in [-0.25, -0.2) is 8.78 Å². The lowest BCUT2D eigenvalue weighted by molar-refractivity contribution is 0.0566. The first kappa shape index (κ1) is 23.9. The van der Waals surface area contributed by atoms with Crippen molar-refractivity contribution in [3.8, 4) is 16.9 Å². The summed E-state index contributed by atoms with van der Waals surface area (Å²) < 4.78 is 35.3. The van der Waals surface area contributed by atoms with Crippen LogP contribution in [0.3, 0.4) is 0 Å². The minimum atomic E-state index is -0.848. The average Bonchev–Trinajstić information content (AvgIpc) is 2.79. The Morgan fingerprint density at radius 3 is 2.53 bits per heavy atom. The summed E-state index contributed by atoms with van der Waals surface area (Å²) in [5, 5.41) is 11.3. The second-order valence-electron chi connectivity index (χ2n) is 8.30. The van der Waals surface area contributed by atoms with Gasteiger partial charge >= 0.3 is 0 Å². The maximum atomic E-state index is 14.8. The van der Waals surface area contributed by atoms with Crippen LogP contribution in [0.4, 0.5) is 8.78 Å². The van der Waals surface area contributed by atoms with Crippen molar-refractivity contribution in [2.24, 2.45) is 0 Å². The third kappa shape index (κ3) is 6.39. The van der Waals surface area contributed by atoms with Gasteiger partial charge in [0.1, 0.15) is 5.75 Å². The second-order valence-corrected chi connectivity index (χ2v) is 8.30. The zero-order chi connectivity index (χ0) is 22.9. The van der Waals surface area contributed by atoms with Gasteiger partial charge in [0.15, 0.2) is 11.6 Å². The largest absolute Gasteiger partial charge is 0.508 e. The van der Waals surface area contributed by atoms with Crippen molar-refractivity contribution in [3.63, 3.8) is 0 Å². The Balaban J connectivity index is 1.59. The third-order valence-electron chi connectivity index (χ3n) is 5.68. The maximum Gasteiger partial charge on any atom is 0.167 e. The van der Waals surface area contributed by atoms with Crippen LogP contribution in [0.25, 0.3) is 28.0 Å². The molecule has 3 aromatic rings. The van der Waals surface area contributed by atoms with Crippen molar-refractivity contribution < 1.29 is 18.6 Å². The number of allylic oxidation sites excluding steroid dienone is 1. The van der Waals surface area contributed by atoms with Crippen LogP contribution in [0.15, 0.2) is 54.6 Å². The van der Waals surface area contributed by atoms with E-state index in [0.29, 0.717) is 5.56 Å². The number of unbranched alkanes of at least 4 members (excludes halogenated alkanes) is 3. The molecule has 0 heterocycles. The van der Waals surface area contributed by atoms with E-state index in [9.17, 15) is 13.9 Å². The quantitative estimate of drug-likeness (QED) is 0.305. The molecule has 0 amide bonds. The molecule has 0 spiro atoms. The van der Waals surface area contributed by atoms with Crippen molar-refractivity contribution in [1.29, 1.82) is 0 Å². The molecule has 4 heteroatoms. The predicted molar refractivity (Wildman–Crippen MR) is 129 cm³/mol. The molecule has 2 nitrogen and oxygen atoms in total. The molecular formula is C28H32F2O2. The maximum absolute atomic E-state index is 14.8. The summed E-state index contributed by atoms with van der Waals surface area (Å²) >= 11 is 0. The van der Waals surface area contributed by atoms with E-state index in [-0.39, 0.29) is 23.0 Å². The van der Waals surface area contributed by atoms with Crippen molar-refractivity contribution >= 4 is 16.8 Å². The highest BCUT2D eigenvalue weighted by Gasteiger charge is 2.14. The number of hydrogen-bond acceptors (Lipinski definition) is 2. The number of phenolic OH excluding ortho intramolecular Hbond substituents is 1. The van der Waals surface area contributed by atoms with Crippen molar-refractivity contribution in [2.45, 2.75) is 58.5 Å². The Hall–Kier alpha value is -2.72. The summed E-state index contributed by atoms with van der Waals surface area (Å²) in [5.74, 6) is -1.51. The van der Waals surface area contributed by atoms with E-state index in [1.54, 1.807) is 54.6 Å². The van der Waals surface area contributed by atoms with Crippen LogP contribution in [0.1, 0.15) is 57.9 Å². The second kappa shape index (κ2) is 11.8. The van der Waals surface area contributed by atoms with Gasteiger partial charge in [0.05, 0.1) is 6.10 Å². The van der Waals surface area contributed by atoms with E-state index in [4.69, 9.17) is 4.74 Å². The highest BCUT2D eigenvalue weighted by Crippen LogP contribution is 2.30. The molecule has 0 bridgehead atoms. The zero-order valence-electron chi connectivity index (χ0n) is 18.9. The average molecular weight is 439 g/mol. The molecule has 0 aliphatic carbocycles. The van der Waals surface area contributed by atoms with Gasteiger partial charge in [0.2, 0.25) is 0 Å². The lowest BCUT2D eigenvalue weighted by Crippen LogP contribution is -2.08. The van der Waals surface area contributed by atoms with Crippen LogP contribution in [0.5, 0.6) is 5.75 Å². The number of hydrogen-bond donors (Lipinski definition) is 1. The Morgan fingerprint density at radius 2 is 1.72 bits per heavy atom. The summed E-state index contributed by atoms with van der Waals surface area (Å²) in [5.41, 5.74) is 1.08. The molecule has 3 rings (SSSR count). The molecule has 0 fully saturated rings. The number of fused-ring (bicyclic) bond motifs is 1. The van der Waals surface area contributed by atoms with Gasteiger partial charge in [-0.15, -0.1) is 0 Å². The molecular weight excluding hydrogens is 406 g/mol. The third-order valence-corrected chi connectivity index (χ3v) is 5.68. The minimum Gasteiger partial charge on any atom is -0.508 e. The van der Waals surface area contributed by atoms with Crippen molar-refractivity contribution in [1.82, 2.24) is 0 Å². The summed E-state index contributed by atoms with van der Waals surface area (Å²) in [6.07, 6.45) is 9.94. The smallest absolute Gasteiger partial charge is 0.167 e. The van der Waals surface area contributed by atoms with Gasteiger partial charge in [0, 0.05) is 17.7 Å². The fourth-order valence-corrected chi connectivity index (χ4v) is 3.77. The Morgan fingerprint density at radius 1 is 0.938 bits per heavy atom. The van der Waals surface area contributed by atoms with Crippen LogP contribution in [-0.2, 0) is 4.74 Å². The highest BCUT2D eigenvalue weighted by atomic mass is 19.2. The van der Waals surface area contributed by atoms with E-state index >= 15 is 0 Å². The summed E-state index contributed by atoms with van der Waals surface area (Å²) in [7, 11) is 0. The van der Waals surface area contributed by atoms with Crippen molar-refractivity contribution in [2.75, 3.05) is 6.61 Å². The number of rotatable bonds is 11. The molecule has 32 heavy (non-hydrogen) atoms. The molecule has 0 aromatic heterocycles. The predicted octanol–water partition coefficient (Wildman–Crippen LogP) is 8.27.